The zero-order chi connectivity index (χ0) is 28.8. The molecule has 0 spiro atoms. The molecule has 4 aliphatic rings. The molecule has 0 heterocycles. The molecule has 0 saturated heterocycles. The summed E-state index contributed by atoms with van der Waals surface area (Å²) in [6, 6.07) is 29.8. The molecule has 0 aromatic heterocycles. The SMILES string of the molecule is O=C(O)c1ccccc1Oc1ccc(C2(c3ccc(Oc4ccccc4C(=O)O)cc3)C3CC4CC(C3)CC2C4)cc1. The lowest BCUT2D eigenvalue weighted by atomic mass is 9.42. The fraction of sp³-hybridized carbons (Fsp3) is 0.278. The first-order chi connectivity index (χ1) is 20.4. The number of para-hydroxylation sites is 2. The van der Waals surface area contributed by atoms with E-state index < -0.39 is 11.9 Å². The van der Waals surface area contributed by atoms with Gasteiger partial charge >= 0.3 is 11.9 Å². The van der Waals surface area contributed by atoms with Crippen molar-refractivity contribution in [2.75, 3.05) is 0 Å². The molecule has 0 amide bonds. The first-order valence-corrected chi connectivity index (χ1v) is 14.6. The van der Waals surface area contributed by atoms with Crippen LogP contribution in [0.3, 0.4) is 0 Å². The normalized spacial score (nSPS) is 23.3. The number of carboxylic acids is 2. The van der Waals surface area contributed by atoms with Crippen LogP contribution in [0.15, 0.2) is 97.1 Å². The lowest BCUT2D eigenvalue weighted by molar-refractivity contribution is -0.0418. The molecule has 0 unspecified atom stereocenters. The lowest BCUT2D eigenvalue weighted by Gasteiger charge is -2.62. The van der Waals surface area contributed by atoms with Gasteiger partial charge in [-0.15, -0.1) is 0 Å². The highest BCUT2D eigenvalue weighted by atomic mass is 16.5. The summed E-state index contributed by atoms with van der Waals surface area (Å²) < 4.78 is 12.1. The highest BCUT2D eigenvalue weighted by Crippen LogP contribution is 2.65. The third kappa shape index (κ3) is 4.42. The molecule has 6 nitrogen and oxygen atoms in total. The van der Waals surface area contributed by atoms with Gasteiger partial charge in [-0.1, -0.05) is 48.5 Å². The van der Waals surface area contributed by atoms with Crippen molar-refractivity contribution in [2.24, 2.45) is 23.7 Å². The van der Waals surface area contributed by atoms with Crippen molar-refractivity contribution < 1.29 is 29.3 Å². The summed E-state index contributed by atoms with van der Waals surface area (Å²) in [6.07, 6.45) is 6.25. The fourth-order valence-electron chi connectivity index (χ4n) is 8.35. The number of hydrogen-bond donors (Lipinski definition) is 2. The minimum absolute atomic E-state index is 0.132. The molecule has 4 bridgehead atoms. The van der Waals surface area contributed by atoms with Crippen molar-refractivity contribution in [3.8, 4) is 23.0 Å². The minimum atomic E-state index is -1.02. The minimum Gasteiger partial charge on any atom is -0.478 e. The van der Waals surface area contributed by atoms with Gasteiger partial charge < -0.3 is 19.7 Å². The molecule has 4 fully saturated rings. The highest BCUT2D eigenvalue weighted by molar-refractivity contribution is 5.91. The molecular formula is C36H32O6. The Morgan fingerprint density at radius 3 is 1.31 bits per heavy atom. The topological polar surface area (TPSA) is 93.1 Å². The molecule has 4 saturated carbocycles. The first-order valence-electron chi connectivity index (χ1n) is 14.6. The van der Waals surface area contributed by atoms with Crippen LogP contribution in [0.4, 0.5) is 0 Å². The van der Waals surface area contributed by atoms with Crippen LogP contribution < -0.4 is 9.47 Å². The van der Waals surface area contributed by atoms with Gasteiger partial charge in [-0.2, -0.15) is 0 Å². The lowest BCUT2D eigenvalue weighted by Crippen LogP contribution is -2.56. The predicted octanol–water partition coefficient (Wildman–Crippen LogP) is 8.41. The zero-order valence-corrected chi connectivity index (χ0v) is 23.1. The van der Waals surface area contributed by atoms with Crippen LogP contribution >= 0.6 is 0 Å². The Kier molecular flexibility index (Phi) is 6.49. The Hall–Kier alpha value is -4.58. The third-order valence-corrected chi connectivity index (χ3v) is 9.78. The van der Waals surface area contributed by atoms with Gasteiger partial charge in [0.1, 0.15) is 34.1 Å². The summed E-state index contributed by atoms with van der Waals surface area (Å²) in [5.41, 5.74) is 2.66. The van der Waals surface area contributed by atoms with Crippen molar-refractivity contribution in [2.45, 2.75) is 37.5 Å². The number of rotatable bonds is 8. The van der Waals surface area contributed by atoms with Crippen molar-refractivity contribution in [3.05, 3.63) is 119 Å². The van der Waals surface area contributed by atoms with E-state index in [4.69, 9.17) is 9.47 Å². The van der Waals surface area contributed by atoms with E-state index in [1.54, 1.807) is 48.5 Å². The van der Waals surface area contributed by atoms with Gasteiger partial charge in [0.2, 0.25) is 0 Å². The van der Waals surface area contributed by atoms with Crippen molar-refractivity contribution in [1.29, 1.82) is 0 Å². The van der Waals surface area contributed by atoms with E-state index in [1.807, 2.05) is 24.3 Å². The van der Waals surface area contributed by atoms with Crippen LogP contribution in [-0.4, -0.2) is 22.2 Å². The summed E-state index contributed by atoms with van der Waals surface area (Å²) in [4.78, 5) is 23.3. The maximum absolute atomic E-state index is 11.7. The smallest absolute Gasteiger partial charge is 0.339 e. The Morgan fingerprint density at radius 1 is 0.548 bits per heavy atom. The second-order valence-electron chi connectivity index (χ2n) is 12.0. The molecule has 4 aliphatic carbocycles. The second-order valence-corrected chi connectivity index (χ2v) is 12.0. The summed E-state index contributed by atoms with van der Waals surface area (Å²) in [6.45, 7) is 0. The van der Waals surface area contributed by atoms with Crippen LogP contribution in [0, 0.1) is 23.7 Å². The number of hydrogen-bond acceptors (Lipinski definition) is 4. The van der Waals surface area contributed by atoms with E-state index in [0.717, 1.165) is 11.8 Å². The monoisotopic (exact) mass is 560 g/mol. The average Bonchev–Trinajstić information content (AvgIpc) is 2.99. The van der Waals surface area contributed by atoms with E-state index in [0.29, 0.717) is 34.8 Å². The van der Waals surface area contributed by atoms with Crippen LogP contribution in [0.2, 0.25) is 0 Å². The molecule has 2 N–H and O–H groups in total. The maximum Gasteiger partial charge on any atom is 0.339 e. The quantitative estimate of drug-likeness (QED) is 0.225. The van der Waals surface area contributed by atoms with E-state index in [2.05, 4.69) is 24.3 Å². The number of benzene rings is 4. The van der Waals surface area contributed by atoms with Crippen molar-refractivity contribution in [3.63, 3.8) is 0 Å². The molecule has 6 heteroatoms. The summed E-state index contributed by atoms with van der Waals surface area (Å²) >= 11 is 0. The third-order valence-electron chi connectivity index (χ3n) is 9.78. The Morgan fingerprint density at radius 2 is 0.929 bits per heavy atom. The Balaban J connectivity index is 1.23. The van der Waals surface area contributed by atoms with E-state index in [-0.39, 0.29) is 16.5 Å². The molecule has 4 aromatic carbocycles. The molecule has 0 aliphatic heterocycles. The fourth-order valence-corrected chi connectivity index (χ4v) is 8.35. The molecule has 212 valence electrons. The molecular weight excluding hydrogens is 528 g/mol. The van der Waals surface area contributed by atoms with Crippen molar-refractivity contribution in [1.82, 2.24) is 0 Å². The van der Waals surface area contributed by atoms with Gasteiger partial charge in [0.05, 0.1) is 0 Å². The van der Waals surface area contributed by atoms with Crippen LogP contribution in [0.25, 0.3) is 0 Å². The van der Waals surface area contributed by atoms with Crippen molar-refractivity contribution >= 4 is 11.9 Å². The number of carbonyl (C=O) groups is 2. The number of aromatic carboxylic acids is 2. The number of ether oxygens (including phenoxy) is 2. The van der Waals surface area contributed by atoms with Gasteiger partial charge in [-0.25, -0.2) is 9.59 Å². The van der Waals surface area contributed by atoms with Gasteiger partial charge in [-0.05, 0) is 115 Å². The highest BCUT2D eigenvalue weighted by Gasteiger charge is 2.58. The van der Waals surface area contributed by atoms with E-state index >= 15 is 0 Å². The maximum atomic E-state index is 11.7. The van der Waals surface area contributed by atoms with Crippen LogP contribution in [-0.2, 0) is 5.41 Å². The standard InChI is InChI=1S/C36H32O6/c37-34(38)30-5-1-3-7-32(30)41-28-13-9-24(10-14-28)36(26-18-22-17-23(20-26)21-27(36)19-22)25-11-15-29(16-12-25)42-33-8-4-2-6-31(33)35(39)40/h1-16,22-23,26-27H,17-21H2,(H,37,38)(H,39,40). The molecule has 0 radical (unpaired) electrons. The van der Waals surface area contributed by atoms with Gasteiger partial charge in [-0.3, -0.25) is 0 Å². The largest absolute Gasteiger partial charge is 0.478 e. The molecule has 4 aromatic rings. The predicted molar refractivity (Wildman–Crippen MR) is 158 cm³/mol. The molecule has 8 rings (SSSR count). The average molecular weight is 561 g/mol. The van der Waals surface area contributed by atoms with E-state index in [1.165, 1.54) is 43.2 Å². The van der Waals surface area contributed by atoms with Crippen LogP contribution in [0.5, 0.6) is 23.0 Å². The van der Waals surface area contributed by atoms with Crippen LogP contribution in [0.1, 0.15) is 63.9 Å². The summed E-state index contributed by atoms with van der Waals surface area (Å²) in [5.74, 6) is 2.48. The Bertz CT molecular complexity index is 1510. The summed E-state index contributed by atoms with van der Waals surface area (Å²) in [7, 11) is 0. The summed E-state index contributed by atoms with van der Waals surface area (Å²) in [5, 5.41) is 19.1. The second kappa shape index (κ2) is 10.4. The Labute approximate surface area is 244 Å². The molecule has 0 atom stereocenters. The number of carboxylic acid groups (broad SMARTS) is 2. The van der Waals surface area contributed by atoms with E-state index in [9.17, 15) is 19.8 Å². The molecule has 42 heavy (non-hydrogen) atoms. The van der Waals surface area contributed by atoms with Gasteiger partial charge in [0.15, 0.2) is 0 Å². The van der Waals surface area contributed by atoms with Gasteiger partial charge in [0.25, 0.3) is 0 Å². The first kappa shape index (κ1) is 26.3. The van der Waals surface area contributed by atoms with Gasteiger partial charge in [0, 0.05) is 5.41 Å². The zero-order valence-electron chi connectivity index (χ0n) is 23.1.